The van der Waals surface area contributed by atoms with E-state index in [1.807, 2.05) is 35.2 Å². The van der Waals surface area contributed by atoms with Crippen molar-refractivity contribution in [3.05, 3.63) is 42.5 Å². The number of rotatable bonds is 7. The predicted octanol–water partition coefficient (Wildman–Crippen LogP) is 2.95. The molecule has 2 aliphatic heterocycles. The number of amides is 1. The van der Waals surface area contributed by atoms with E-state index in [0.717, 1.165) is 44.5 Å². The van der Waals surface area contributed by atoms with Crippen LogP contribution in [0.15, 0.2) is 36.9 Å². The van der Waals surface area contributed by atoms with Gasteiger partial charge in [-0.05, 0) is 56.5 Å². The Hall–Kier alpha value is -1.85. The van der Waals surface area contributed by atoms with Gasteiger partial charge in [0.15, 0.2) is 0 Å². The largest absolute Gasteiger partial charge is 0.494 e. The first kappa shape index (κ1) is 19.9. The van der Waals surface area contributed by atoms with Gasteiger partial charge in [0, 0.05) is 36.7 Å². The van der Waals surface area contributed by atoms with Crippen molar-refractivity contribution in [1.29, 1.82) is 0 Å². The van der Waals surface area contributed by atoms with Crippen LogP contribution in [0.2, 0.25) is 0 Å². The van der Waals surface area contributed by atoms with E-state index in [-0.39, 0.29) is 24.0 Å². The monoisotopic (exact) mass is 372 g/mol. The fourth-order valence-electron chi connectivity index (χ4n) is 4.53. The van der Waals surface area contributed by atoms with Crippen LogP contribution in [-0.2, 0) is 0 Å². The second-order valence-electron chi connectivity index (χ2n) is 7.80. The molecular weight excluding hydrogens is 340 g/mol. The summed E-state index contributed by atoms with van der Waals surface area (Å²) in [6.07, 6.45) is 5.86. The van der Waals surface area contributed by atoms with Crippen LogP contribution in [0.5, 0.6) is 5.75 Å². The number of aliphatic hydroxyl groups is 1. The van der Waals surface area contributed by atoms with Crippen molar-refractivity contribution in [2.75, 3.05) is 39.4 Å². The lowest BCUT2D eigenvalue weighted by Gasteiger charge is -2.54. The summed E-state index contributed by atoms with van der Waals surface area (Å²) in [6, 6.07) is 7.64. The van der Waals surface area contributed by atoms with Gasteiger partial charge in [-0.15, -0.1) is 6.58 Å². The molecular formula is C22H32N2O3. The lowest BCUT2D eigenvalue weighted by atomic mass is 9.69. The number of aliphatic hydroxyl groups excluding tert-OH is 1. The normalized spacial score (nSPS) is 25.7. The third kappa shape index (κ3) is 4.19. The van der Waals surface area contributed by atoms with Crippen molar-refractivity contribution in [3.63, 3.8) is 0 Å². The Balaban J connectivity index is 1.72. The minimum atomic E-state index is -0.0874. The molecule has 1 N–H and O–H groups in total. The zero-order valence-corrected chi connectivity index (χ0v) is 16.4. The SMILES string of the molecule is C=CCN1CCC[C@]2(CO)CCN(C(=O)c3ccc(OCCC)cc3)C[C@@H]12. The molecule has 5 nitrogen and oxygen atoms in total. The molecule has 27 heavy (non-hydrogen) atoms. The average Bonchev–Trinajstić information content (AvgIpc) is 2.72. The number of fused-ring (bicyclic) bond motifs is 1. The third-order valence-electron chi connectivity index (χ3n) is 6.08. The summed E-state index contributed by atoms with van der Waals surface area (Å²) in [5, 5.41) is 10.1. The molecule has 0 aliphatic carbocycles. The van der Waals surface area contributed by atoms with E-state index >= 15 is 0 Å². The van der Waals surface area contributed by atoms with Crippen LogP contribution < -0.4 is 4.74 Å². The first-order valence-electron chi connectivity index (χ1n) is 10.1. The number of carbonyl (C=O) groups is 1. The summed E-state index contributed by atoms with van der Waals surface area (Å²) in [4.78, 5) is 17.4. The number of piperidine rings is 2. The molecule has 2 aliphatic rings. The number of ether oxygens (including phenoxy) is 1. The van der Waals surface area contributed by atoms with Crippen LogP contribution in [0.3, 0.4) is 0 Å². The Kier molecular flexibility index (Phi) is 6.55. The molecule has 2 atom stereocenters. The minimum absolute atomic E-state index is 0.0627. The zero-order valence-electron chi connectivity index (χ0n) is 16.4. The molecule has 0 spiro atoms. The summed E-state index contributed by atoms with van der Waals surface area (Å²) in [5.41, 5.74) is 0.608. The van der Waals surface area contributed by atoms with Crippen molar-refractivity contribution in [3.8, 4) is 5.75 Å². The lowest BCUT2D eigenvalue weighted by molar-refractivity contribution is -0.0654. The second kappa shape index (κ2) is 8.89. The van der Waals surface area contributed by atoms with E-state index in [0.29, 0.717) is 25.3 Å². The Morgan fingerprint density at radius 1 is 1.33 bits per heavy atom. The van der Waals surface area contributed by atoms with E-state index in [4.69, 9.17) is 4.74 Å². The number of nitrogens with zero attached hydrogens (tertiary/aromatic N) is 2. The number of carbonyl (C=O) groups excluding carboxylic acids is 1. The molecule has 0 radical (unpaired) electrons. The van der Waals surface area contributed by atoms with E-state index < -0.39 is 0 Å². The molecule has 2 saturated heterocycles. The van der Waals surface area contributed by atoms with Crippen molar-refractivity contribution in [1.82, 2.24) is 9.80 Å². The van der Waals surface area contributed by atoms with Crippen LogP contribution >= 0.6 is 0 Å². The smallest absolute Gasteiger partial charge is 0.253 e. The number of hydrogen-bond donors (Lipinski definition) is 1. The van der Waals surface area contributed by atoms with Gasteiger partial charge < -0.3 is 14.7 Å². The summed E-state index contributed by atoms with van der Waals surface area (Å²) in [5.74, 6) is 0.864. The van der Waals surface area contributed by atoms with Gasteiger partial charge in [0.2, 0.25) is 0 Å². The molecule has 1 aromatic carbocycles. The molecule has 0 aromatic heterocycles. The first-order chi connectivity index (χ1) is 13.1. The van der Waals surface area contributed by atoms with Crippen molar-refractivity contribution < 1.29 is 14.6 Å². The average molecular weight is 373 g/mol. The summed E-state index contributed by atoms with van der Waals surface area (Å²) in [6.45, 7) is 10.00. The molecule has 1 amide bonds. The van der Waals surface area contributed by atoms with E-state index in [1.54, 1.807) is 0 Å². The van der Waals surface area contributed by atoms with Gasteiger partial charge in [0.25, 0.3) is 5.91 Å². The van der Waals surface area contributed by atoms with E-state index in [1.165, 1.54) is 0 Å². The van der Waals surface area contributed by atoms with Crippen LogP contribution in [0.1, 0.15) is 43.0 Å². The molecule has 0 bridgehead atoms. The van der Waals surface area contributed by atoms with Crippen molar-refractivity contribution in [2.45, 2.75) is 38.6 Å². The fourth-order valence-corrected chi connectivity index (χ4v) is 4.53. The maximum Gasteiger partial charge on any atom is 0.253 e. The number of hydrogen-bond acceptors (Lipinski definition) is 4. The van der Waals surface area contributed by atoms with Crippen LogP contribution in [0.4, 0.5) is 0 Å². The summed E-state index contributed by atoms with van der Waals surface area (Å²) < 4.78 is 5.61. The van der Waals surface area contributed by atoms with Crippen LogP contribution in [0, 0.1) is 5.41 Å². The van der Waals surface area contributed by atoms with Gasteiger partial charge in [0.05, 0.1) is 13.2 Å². The minimum Gasteiger partial charge on any atom is -0.494 e. The van der Waals surface area contributed by atoms with E-state index in [9.17, 15) is 9.90 Å². The lowest BCUT2D eigenvalue weighted by Crippen LogP contribution is -2.63. The molecule has 2 fully saturated rings. The topological polar surface area (TPSA) is 53.0 Å². The molecule has 0 unspecified atom stereocenters. The Morgan fingerprint density at radius 2 is 2.11 bits per heavy atom. The van der Waals surface area contributed by atoms with Gasteiger partial charge in [-0.2, -0.15) is 0 Å². The van der Waals surface area contributed by atoms with Gasteiger partial charge in [-0.25, -0.2) is 0 Å². The van der Waals surface area contributed by atoms with E-state index in [2.05, 4.69) is 18.4 Å². The Labute approximate surface area is 162 Å². The van der Waals surface area contributed by atoms with Crippen molar-refractivity contribution in [2.24, 2.45) is 5.41 Å². The standard InChI is InChI=1S/C22H32N2O3/c1-3-12-23-13-5-10-22(17-25)11-14-24(16-20(22)23)21(26)18-6-8-19(9-7-18)27-15-4-2/h3,6-9,20,25H,1,4-5,10-17H2,2H3/t20-,22-/m1/s1. The molecule has 0 saturated carbocycles. The van der Waals surface area contributed by atoms with Gasteiger partial charge in [-0.3, -0.25) is 9.69 Å². The Bertz CT molecular complexity index is 645. The molecule has 5 heteroatoms. The maximum absolute atomic E-state index is 13.0. The quantitative estimate of drug-likeness (QED) is 0.748. The molecule has 2 heterocycles. The molecule has 3 rings (SSSR count). The molecule has 1 aromatic rings. The second-order valence-corrected chi connectivity index (χ2v) is 7.80. The van der Waals surface area contributed by atoms with Gasteiger partial charge in [0.1, 0.15) is 5.75 Å². The number of benzene rings is 1. The predicted molar refractivity (Wildman–Crippen MR) is 107 cm³/mol. The third-order valence-corrected chi connectivity index (χ3v) is 6.08. The summed E-state index contributed by atoms with van der Waals surface area (Å²) in [7, 11) is 0. The first-order valence-corrected chi connectivity index (χ1v) is 10.1. The highest BCUT2D eigenvalue weighted by Crippen LogP contribution is 2.42. The van der Waals surface area contributed by atoms with Gasteiger partial charge >= 0.3 is 0 Å². The Morgan fingerprint density at radius 3 is 2.78 bits per heavy atom. The number of likely N-dealkylation sites (tertiary alicyclic amines) is 2. The van der Waals surface area contributed by atoms with Crippen LogP contribution in [-0.4, -0.2) is 66.2 Å². The fraction of sp³-hybridized carbons (Fsp3) is 0.591. The van der Waals surface area contributed by atoms with Crippen LogP contribution in [0.25, 0.3) is 0 Å². The van der Waals surface area contributed by atoms with Crippen molar-refractivity contribution >= 4 is 5.91 Å². The highest BCUT2D eigenvalue weighted by atomic mass is 16.5. The maximum atomic E-state index is 13.0. The molecule has 148 valence electrons. The zero-order chi connectivity index (χ0) is 19.3. The summed E-state index contributed by atoms with van der Waals surface area (Å²) >= 11 is 0. The highest BCUT2D eigenvalue weighted by molar-refractivity contribution is 5.94. The highest BCUT2D eigenvalue weighted by Gasteiger charge is 2.48. The van der Waals surface area contributed by atoms with Gasteiger partial charge in [-0.1, -0.05) is 13.0 Å².